The van der Waals surface area contributed by atoms with Crippen molar-refractivity contribution in [3.63, 3.8) is 0 Å². The van der Waals surface area contributed by atoms with E-state index in [1.165, 1.54) is 0 Å². The van der Waals surface area contributed by atoms with Crippen molar-refractivity contribution in [3.05, 3.63) is 28.5 Å². The molecule has 1 aromatic heterocycles. The third kappa shape index (κ3) is 3.07. The number of ether oxygens (including phenoxy) is 1. The molecule has 2 rings (SSSR count). The SMILES string of the molecule is CCCc1nc(-c2cc(Br)ccc2OC)c(N)n1C(C)C. The van der Waals surface area contributed by atoms with Gasteiger partial charge in [-0.3, -0.25) is 0 Å². The molecule has 1 aromatic carbocycles. The molecule has 0 aliphatic rings. The molecule has 0 atom stereocenters. The van der Waals surface area contributed by atoms with Gasteiger partial charge in [0.05, 0.1) is 7.11 Å². The Morgan fingerprint density at radius 3 is 2.67 bits per heavy atom. The van der Waals surface area contributed by atoms with Crippen LogP contribution in [0.3, 0.4) is 0 Å². The van der Waals surface area contributed by atoms with Gasteiger partial charge in [-0.25, -0.2) is 4.98 Å². The zero-order chi connectivity index (χ0) is 15.6. The van der Waals surface area contributed by atoms with Crippen LogP contribution in [0.25, 0.3) is 11.3 Å². The topological polar surface area (TPSA) is 53.1 Å². The lowest BCUT2D eigenvalue weighted by atomic mass is 10.1. The van der Waals surface area contributed by atoms with Crippen LogP contribution in [0.4, 0.5) is 5.82 Å². The Morgan fingerprint density at radius 2 is 2.10 bits per heavy atom. The van der Waals surface area contributed by atoms with E-state index in [1.54, 1.807) is 7.11 Å². The summed E-state index contributed by atoms with van der Waals surface area (Å²) < 4.78 is 8.54. The van der Waals surface area contributed by atoms with Crippen molar-refractivity contribution in [3.8, 4) is 17.0 Å². The molecule has 4 nitrogen and oxygen atoms in total. The fourth-order valence-corrected chi connectivity index (χ4v) is 2.89. The number of halogens is 1. The predicted octanol–water partition coefficient (Wildman–Crippen LogP) is 4.44. The van der Waals surface area contributed by atoms with E-state index in [0.29, 0.717) is 5.82 Å². The summed E-state index contributed by atoms with van der Waals surface area (Å²) in [6.07, 6.45) is 1.96. The lowest BCUT2D eigenvalue weighted by Crippen LogP contribution is -2.09. The summed E-state index contributed by atoms with van der Waals surface area (Å²) in [5.41, 5.74) is 8.08. The molecule has 0 spiro atoms. The Balaban J connectivity index is 2.64. The molecule has 0 aliphatic carbocycles. The Morgan fingerprint density at radius 1 is 1.38 bits per heavy atom. The molecule has 0 saturated carbocycles. The summed E-state index contributed by atoms with van der Waals surface area (Å²) in [7, 11) is 1.66. The minimum Gasteiger partial charge on any atom is -0.496 e. The van der Waals surface area contributed by atoms with Crippen molar-refractivity contribution < 1.29 is 4.74 Å². The Kier molecular flexibility index (Phi) is 4.93. The number of nitrogens with two attached hydrogens (primary N) is 1. The number of methoxy groups -OCH3 is 1. The zero-order valence-corrected chi connectivity index (χ0v) is 14.6. The van der Waals surface area contributed by atoms with Crippen LogP contribution < -0.4 is 10.5 Å². The normalized spacial score (nSPS) is 11.1. The molecular formula is C16H22BrN3O. The summed E-state index contributed by atoms with van der Waals surface area (Å²) in [5.74, 6) is 2.51. The maximum absolute atomic E-state index is 6.37. The maximum Gasteiger partial charge on any atom is 0.132 e. The van der Waals surface area contributed by atoms with Crippen LogP contribution in [0.5, 0.6) is 5.75 Å². The summed E-state index contributed by atoms with van der Waals surface area (Å²) in [6, 6.07) is 6.15. The number of hydrogen-bond donors (Lipinski definition) is 1. The molecule has 5 heteroatoms. The minimum absolute atomic E-state index is 0.283. The number of aromatic nitrogens is 2. The van der Waals surface area contributed by atoms with Crippen LogP contribution >= 0.6 is 15.9 Å². The molecule has 0 radical (unpaired) electrons. The van der Waals surface area contributed by atoms with Gasteiger partial charge < -0.3 is 15.0 Å². The molecule has 21 heavy (non-hydrogen) atoms. The number of aryl methyl sites for hydroxylation is 1. The summed E-state index contributed by atoms with van der Waals surface area (Å²) in [5, 5.41) is 0. The highest BCUT2D eigenvalue weighted by Crippen LogP contribution is 2.37. The molecule has 0 fully saturated rings. The predicted molar refractivity (Wildman–Crippen MR) is 90.7 cm³/mol. The van der Waals surface area contributed by atoms with Gasteiger partial charge in [-0.1, -0.05) is 22.9 Å². The largest absolute Gasteiger partial charge is 0.496 e. The van der Waals surface area contributed by atoms with Crippen molar-refractivity contribution in [2.24, 2.45) is 0 Å². The van der Waals surface area contributed by atoms with Gasteiger partial charge in [-0.2, -0.15) is 0 Å². The summed E-state index contributed by atoms with van der Waals surface area (Å²) in [4.78, 5) is 4.78. The fourth-order valence-electron chi connectivity index (χ4n) is 2.53. The highest BCUT2D eigenvalue weighted by atomic mass is 79.9. The van der Waals surface area contributed by atoms with E-state index < -0.39 is 0 Å². The smallest absolute Gasteiger partial charge is 0.132 e. The van der Waals surface area contributed by atoms with Gasteiger partial charge >= 0.3 is 0 Å². The Hall–Kier alpha value is -1.49. The molecule has 0 unspecified atom stereocenters. The second kappa shape index (κ2) is 6.52. The third-order valence-corrected chi connectivity index (χ3v) is 3.92. The highest BCUT2D eigenvalue weighted by Gasteiger charge is 2.20. The first-order chi connectivity index (χ1) is 9.99. The Bertz CT molecular complexity index is 635. The van der Waals surface area contributed by atoms with Crippen molar-refractivity contribution in [2.45, 2.75) is 39.7 Å². The molecule has 0 amide bonds. The van der Waals surface area contributed by atoms with Crippen molar-refractivity contribution in [1.82, 2.24) is 9.55 Å². The van der Waals surface area contributed by atoms with E-state index in [4.69, 9.17) is 15.5 Å². The Labute approximate surface area is 134 Å². The lowest BCUT2D eigenvalue weighted by Gasteiger charge is -2.13. The molecule has 0 saturated heterocycles. The van der Waals surface area contributed by atoms with Crippen LogP contribution in [0.2, 0.25) is 0 Å². The van der Waals surface area contributed by atoms with Crippen molar-refractivity contribution >= 4 is 21.7 Å². The van der Waals surface area contributed by atoms with Crippen LogP contribution in [0.15, 0.2) is 22.7 Å². The van der Waals surface area contributed by atoms with E-state index in [2.05, 4.69) is 41.3 Å². The van der Waals surface area contributed by atoms with Gasteiger partial charge in [-0.15, -0.1) is 0 Å². The standard InChI is InChI=1S/C16H22BrN3O/c1-5-6-14-19-15(16(18)20(14)10(2)3)12-9-11(17)7-8-13(12)21-4/h7-10H,5-6,18H2,1-4H3. The van der Waals surface area contributed by atoms with E-state index in [9.17, 15) is 0 Å². The highest BCUT2D eigenvalue weighted by molar-refractivity contribution is 9.10. The van der Waals surface area contributed by atoms with E-state index in [0.717, 1.165) is 40.1 Å². The molecule has 2 N–H and O–H groups in total. The number of anilines is 1. The monoisotopic (exact) mass is 351 g/mol. The number of nitrogen functional groups attached to an aromatic ring is 1. The second-order valence-corrected chi connectivity index (χ2v) is 6.24. The van der Waals surface area contributed by atoms with Crippen LogP contribution in [0.1, 0.15) is 39.1 Å². The maximum atomic E-state index is 6.37. The number of benzene rings is 1. The molecule has 2 aromatic rings. The first-order valence-electron chi connectivity index (χ1n) is 7.20. The lowest BCUT2D eigenvalue weighted by molar-refractivity contribution is 0.416. The number of rotatable bonds is 5. The summed E-state index contributed by atoms with van der Waals surface area (Å²) >= 11 is 3.50. The molecule has 0 aliphatic heterocycles. The van der Waals surface area contributed by atoms with Crippen LogP contribution in [0, 0.1) is 0 Å². The molecule has 114 valence electrons. The van der Waals surface area contributed by atoms with Crippen molar-refractivity contribution in [1.29, 1.82) is 0 Å². The number of imidazole rings is 1. The first-order valence-corrected chi connectivity index (χ1v) is 7.99. The van der Waals surface area contributed by atoms with Crippen LogP contribution in [-0.2, 0) is 6.42 Å². The second-order valence-electron chi connectivity index (χ2n) is 5.32. The quantitative estimate of drug-likeness (QED) is 0.866. The van der Waals surface area contributed by atoms with Gasteiger partial charge in [0.25, 0.3) is 0 Å². The molecule has 1 heterocycles. The van der Waals surface area contributed by atoms with Gasteiger partial charge in [-0.05, 0) is 38.5 Å². The number of nitrogens with zero attached hydrogens (tertiary/aromatic N) is 2. The average molecular weight is 352 g/mol. The van der Waals surface area contributed by atoms with Crippen molar-refractivity contribution in [2.75, 3.05) is 12.8 Å². The zero-order valence-electron chi connectivity index (χ0n) is 13.0. The van der Waals surface area contributed by atoms with Gasteiger partial charge in [0.2, 0.25) is 0 Å². The number of hydrogen-bond acceptors (Lipinski definition) is 3. The first kappa shape index (κ1) is 15.9. The van der Waals surface area contributed by atoms with Crippen LogP contribution in [-0.4, -0.2) is 16.7 Å². The average Bonchev–Trinajstić information content (AvgIpc) is 2.76. The molecular weight excluding hydrogens is 330 g/mol. The third-order valence-electron chi connectivity index (χ3n) is 3.43. The van der Waals surface area contributed by atoms with E-state index in [1.807, 2.05) is 18.2 Å². The van der Waals surface area contributed by atoms with Gasteiger partial charge in [0.15, 0.2) is 0 Å². The van der Waals surface area contributed by atoms with E-state index >= 15 is 0 Å². The minimum atomic E-state index is 0.283. The van der Waals surface area contributed by atoms with E-state index in [-0.39, 0.29) is 6.04 Å². The molecule has 0 bridgehead atoms. The van der Waals surface area contributed by atoms with Gasteiger partial charge in [0, 0.05) is 22.5 Å². The van der Waals surface area contributed by atoms with Gasteiger partial charge in [0.1, 0.15) is 23.1 Å². The fraction of sp³-hybridized carbons (Fsp3) is 0.438. The summed E-state index contributed by atoms with van der Waals surface area (Å²) in [6.45, 7) is 6.40.